The first-order chi connectivity index (χ1) is 17.5. The highest BCUT2D eigenvalue weighted by Crippen LogP contribution is 2.42. The number of hydrogen-bond donors (Lipinski definition) is 1. The van der Waals surface area contributed by atoms with E-state index in [2.05, 4.69) is 85.7 Å². The third kappa shape index (κ3) is 4.54. The molecule has 4 heterocycles. The summed E-state index contributed by atoms with van der Waals surface area (Å²) in [5, 5.41) is 2.12. The first-order valence-corrected chi connectivity index (χ1v) is 14.8. The number of rotatable bonds is 5. The molecule has 0 radical (unpaired) electrons. The van der Waals surface area contributed by atoms with E-state index in [0.717, 1.165) is 48.4 Å². The van der Waals surface area contributed by atoms with Gasteiger partial charge in [0, 0.05) is 22.4 Å². The molecule has 0 atom stereocenters. The summed E-state index contributed by atoms with van der Waals surface area (Å²) in [4.78, 5) is 16.5. The second kappa shape index (κ2) is 9.78. The van der Waals surface area contributed by atoms with E-state index < -0.39 is 0 Å². The van der Waals surface area contributed by atoms with E-state index in [0.29, 0.717) is 12.6 Å². The second-order valence-corrected chi connectivity index (χ2v) is 12.2. The Kier molecular flexibility index (Phi) is 6.50. The van der Waals surface area contributed by atoms with E-state index in [1.54, 1.807) is 28.0 Å². The van der Waals surface area contributed by atoms with Crippen molar-refractivity contribution >= 4 is 39.1 Å². The Morgan fingerprint density at radius 3 is 2.22 bits per heavy atom. The van der Waals surface area contributed by atoms with Crippen LogP contribution in [0.2, 0.25) is 0 Å². The van der Waals surface area contributed by atoms with Crippen molar-refractivity contribution in [1.82, 2.24) is 9.97 Å². The quantitative estimate of drug-likeness (QED) is 0.306. The van der Waals surface area contributed by atoms with Crippen LogP contribution < -0.4 is 9.80 Å². The van der Waals surface area contributed by atoms with Crippen molar-refractivity contribution in [3.63, 3.8) is 0 Å². The molecule has 1 fully saturated rings. The number of fused-ring (bicyclic) bond motifs is 3. The fraction of sp³-hybridized carbons (Fsp3) is 0.379. The molecule has 6 rings (SSSR count). The topological polar surface area (TPSA) is 42.7 Å². The van der Waals surface area contributed by atoms with Gasteiger partial charge in [0.1, 0.15) is 16.7 Å². The molecule has 4 aromatic rings. The lowest BCUT2D eigenvalue weighted by Crippen LogP contribution is -3.15. The van der Waals surface area contributed by atoms with Gasteiger partial charge in [-0.15, -0.1) is 11.3 Å². The summed E-state index contributed by atoms with van der Waals surface area (Å²) in [6.07, 6.45) is 2.98. The van der Waals surface area contributed by atoms with Gasteiger partial charge in [-0.2, -0.15) is 0 Å². The number of quaternary nitrogens is 1. The van der Waals surface area contributed by atoms with Crippen LogP contribution in [0.5, 0.6) is 0 Å². The lowest BCUT2D eigenvalue weighted by atomic mass is 9.94. The maximum absolute atomic E-state index is 6.13. The van der Waals surface area contributed by atoms with Gasteiger partial charge in [-0.3, -0.25) is 0 Å². The Morgan fingerprint density at radius 1 is 0.972 bits per heavy atom. The van der Waals surface area contributed by atoms with Crippen LogP contribution in [0.15, 0.2) is 65.8 Å². The van der Waals surface area contributed by atoms with Crippen LogP contribution in [0.25, 0.3) is 10.2 Å². The molecule has 0 unspecified atom stereocenters. The summed E-state index contributed by atoms with van der Waals surface area (Å²) in [7, 11) is 0. The van der Waals surface area contributed by atoms with Gasteiger partial charge >= 0.3 is 0 Å². The number of aromatic nitrogens is 2. The normalized spacial score (nSPS) is 18.1. The summed E-state index contributed by atoms with van der Waals surface area (Å²) in [6.45, 7) is 9.14. The number of thioether (sulfide) groups is 1. The highest BCUT2D eigenvalue weighted by molar-refractivity contribution is 7.98. The van der Waals surface area contributed by atoms with Crippen molar-refractivity contribution < 1.29 is 9.64 Å². The predicted octanol–water partition coefficient (Wildman–Crippen LogP) is 4.76. The molecule has 2 aromatic heterocycles. The predicted molar refractivity (Wildman–Crippen MR) is 149 cm³/mol. The van der Waals surface area contributed by atoms with Gasteiger partial charge in [-0.05, 0) is 25.7 Å². The SMILES string of the molecule is CSc1nc(N2CC[NH+](C(c3ccccc3)c3ccccc3)CC2)c2c3c(sc2n1)COC(C)(C)C3. The Bertz CT molecular complexity index is 1310. The number of anilines is 1. The molecule has 0 aliphatic carbocycles. The third-order valence-corrected chi connectivity index (χ3v) is 9.10. The molecule has 2 aliphatic heterocycles. The maximum Gasteiger partial charge on any atom is 0.190 e. The molecule has 0 amide bonds. The van der Waals surface area contributed by atoms with Gasteiger partial charge in [-0.25, -0.2) is 9.97 Å². The summed E-state index contributed by atoms with van der Waals surface area (Å²) >= 11 is 3.42. The Hall–Kier alpha value is -2.45. The summed E-state index contributed by atoms with van der Waals surface area (Å²) in [5.41, 5.74) is 4.01. The fourth-order valence-corrected chi connectivity index (χ4v) is 7.19. The van der Waals surface area contributed by atoms with Gasteiger partial charge in [0.2, 0.25) is 0 Å². The van der Waals surface area contributed by atoms with E-state index in [-0.39, 0.29) is 5.60 Å². The van der Waals surface area contributed by atoms with Crippen LogP contribution in [-0.4, -0.2) is 48.0 Å². The van der Waals surface area contributed by atoms with E-state index >= 15 is 0 Å². The number of ether oxygens (including phenoxy) is 1. The highest BCUT2D eigenvalue weighted by atomic mass is 32.2. The Morgan fingerprint density at radius 2 is 1.61 bits per heavy atom. The standard InChI is InChI=1S/C29H32N4OS2/c1-29(2)18-22-23(19-34-29)36-27-24(22)26(30-28(31-27)35-3)33-16-14-32(15-17-33)25(20-10-6-4-7-11-20)21-12-8-5-9-13-21/h4-13,25H,14-19H2,1-3H3/p+1. The van der Waals surface area contributed by atoms with Crippen LogP contribution in [0.4, 0.5) is 5.82 Å². The first kappa shape index (κ1) is 23.9. The number of hydrogen-bond acceptors (Lipinski definition) is 6. The Labute approximate surface area is 221 Å². The minimum atomic E-state index is -0.155. The average molecular weight is 518 g/mol. The van der Waals surface area contributed by atoms with Crippen molar-refractivity contribution in [2.75, 3.05) is 37.3 Å². The largest absolute Gasteiger partial charge is 0.370 e. The number of thiophene rings is 1. The molecular formula is C29H33N4OS2+. The van der Waals surface area contributed by atoms with Crippen LogP contribution in [0.1, 0.15) is 41.5 Å². The van der Waals surface area contributed by atoms with Gasteiger partial charge in [0.15, 0.2) is 5.16 Å². The van der Waals surface area contributed by atoms with E-state index in [9.17, 15) is 0 Å². The van der Waals surface area contributed by atoms with Crippen molar-refractivity contribution in [3.8, 4) is 0 Å². The maximum atomic E-state index is 6.13. The van der Waals surface area contributed by atoms with Gasteiger partial charge < -0.3 is 14.5 Å². The molecule has 5 nitrogen and oxygen atoms in total. The Balaban J connectivity index is 1.32. The molecule has 2 aliphatic rings. The zero-order valence-electron chi connectivity index (χ0n) is 21.2. The van der Waals surface area contributed by atoms with Crippen LogP contribution >= 0.6 is 23.1 Å². The molecule has 7 heteroatoms. The van der Waals surface area contributed by atoms with Gasteiger partial charge in [-0.1, -0.05) is 72.4 Å². The molecule has 36 heavy (non-hydrogen) atoms. The fourth-order valence-electron chi connectivity index (χ4n) is 5.68. The first-order valence-electron chi connectivity index (χ1n) is 12.7. The van der Waals surface area contributed by atoms with Crippen molar-refractivity contribution in [2.45, 2.75) is 43.7 Å². The molecule has 1 saturated heterocycles. The third-order valence-electron chi connectivity index (χ3n) is 7.45. The molecule has 2 aromatic carbocycles. The number of nitrogens with zero attached hydrogens (tertiary/aromatic N) is 3. The lowest BCUT2D eigenvalue weighted by Gasteiger charge is -2.38. The molecule has 186 valence electrons. The monoisotopic (exact) mass is 517 g/mol. The van der Waals surface area contributed by atoms with Crippen LogP contribution in [-0.2, 0) is 17.8 Å². The molecule has 0 spiro atoms. The smallest absolute Gasteiger partial charge is 0.190 e. The van der Waals surface area contributed by atoms with Gasteiger partial charge in [0.05, 0.1) is 43.8 Å². The number of benzene rings is 2. The van der Waals surface area contributed by atoms with Crippen molar-refractivity contribution in [2.24, 2.45) is 0 Å². The second-order valence-electron chi connectivity index (χ2n) is 10.3. The van der Waals surface area contributed by atoms with E-state index in [1.807, 2.05) is 0 Å². The average Bonchev–Trinajstić information content (AvgIpc) is 3.26. The molecule has 0 bridgehead atoms. The van der Waals surface area contributed by atoms with Crippen LogP contribution in [0.3, 0.4) is 0 Å². The van der Waals surface area contributed by atoms with E-state index in [1.165, 1.54) is 27.0 Å². The lowest BCUT2D eigenvalue weighted by molar-refractivity contribution is -0.926. The zero-order valence-corrected chi connectivity index (χ0v) is 22.8. The zero-order chi connectivity index (χ0) is 24.7. The minimum absolute atomic E-state index is 0.155. The van der Waals surface area contributed by atoms with E-state index in [4.69, 9.17) is 14.7 Å². The summed E-state index contributed by atoms with van der Waals surface area (Å²) < 4.78 is 6.13. The molecule has 0 saturated carbocycles. The van der Waals surface area contributed by atoms with Crippen molar-refractivity contribution in [1.29, 1.82) is 0 Å². The molecular weight excluding hydrogens is 484 g/mol. The van der Waals surface area contributed by atoms with Gasteiger partial charge in [0.25, 0.3) is 0 Å². The summed E-state index contributed by atoms with van der Waals surface area (Å²) in [5.74, 6) is 1.12. The highest BCUT2D eigenvalue weighted by Gasteiger charge is 2.34. The summed E-state index contributed by atoms with van der Waals surface area (Å²) in [6, 6.07) is 22.3. The number of nitrogens with one attached hydrogen (secondary N) is 1. The van der Waals surface area contributed by atoms with Crippen molar-refractivity contribution in [3.05, 3.63) is 82.2 Å². The number of piperazine rings is 1. The molecule has 1 N–H and O–H groups in total. The minimum Gasteiger partial charge on any atom is -0.370 e. The van der Waals surface area contributed by atoms with Crippen LogP contribution in [0, 0.1) is 0 Å².